The number of methoxy groups -OCH3 is 1. The van der Waals surface area contributed by atoms with Crippen molar-refractivity contribution in [2.75, 3.05) is 19.0 Å². The van der Waals surface area contributed by atoms with Gasteiger partial charge in [0, 0.05) is 10.7 Å². The number of halogens is 1. The van der Waals surface area contributed by atoms with E-state index in [1.54, 1.807) is 53.4 Å². The van der Waals surface area contributed by atoms with Crippen molar-refractivity contribution < 1.29 is 19.1 Å². The zero-order valence-electron chi connectivity index (χ0n) is 19.6. The summed E-state index contributed by atoms with van der Waals surface area (Å²) in [5, 5.41) is 3.25. The molecule has 1 N–H and O–H groups in total. The van der Waals surface area contributed by atoms with E-state index >= 15 is 0 Å². The maximum atomic E-state index is 13.1. The highest BCUT2D eigenvalue weighted by Crippen LogP contribution is 2.39. The quantitative estimate of drug-likeness (QED) is 0.267. The average Bonchev–Trinajstić information content (AvgIpc) is 3.15. The molecule has 1 aliphatic heterocycles. The van der Waals surface area contributed by atoms with Crippen LogP contribution >= 0.6 is 35.6 Å². The number of carbonyl (C=O) groups is 2. The summed E-state index contributed by atoms with van der Waals surface area (Å²) >= 11 is 12.7. The van der Waals surface area contributed by atoms with Gasteiger partial charge in [-0.25, -0.2) is 0 Å². The minimum absolute atomic E-state index is 0.140. The molecule has 0 saturated carbocycles. The number of ether oxygens (including phenoxy) is 2. The van der Waals surface area contributed by atoms with Crippen molar-refractivity contribution in [1.82, 2.24) is 4.90 Å². The molecule has 0 radical (unpaired) electrons. The molecule has 1 aliphatic rings. The molecule has 2 amide bonds. The zero-order chi connectivity index (χ0) is 25.7. The van der Waals surface area contributed by atoms with E-state index < -0.39 is 0 Å². The van der Waals surface area contributed by atoms with Crippen LogP contribution in [0.3, 0.4) is 0 Å². The SMILES string of the molecule is COc1cc(/C=C2\SC(=S)N([C@@H](C)c3ccccc3)C2=O)ccc1OCC(=O)Nc1cccc(Cl)c1. The van der Waals surface area contributed by atoms with Gasteiger partial charge < -0.3 is 14.8 Å². The first kappa shape index (κ1) is 25.8. The molecule has 6 nitrogen and oxygen atoms in total. The maximum absolute atomic E-state index is 13.1. The van der Waals surface area contributed by atoms with E-state index in [9.17, 15) is 9.59 Å². The topological polar surface area (TPSA) is 67.9 Å². The number of thiocarbonyl (C=S) groups is 1. The third-order valence-electron chi connectivity index (χ3n) is 5.45. The van der Waals surface area contributed by atoms with Gasteiger partial charge in [0.25, 0.3) is 11.8 Å². The molecule has 3 aromatic rings. The van der Waals surface area contributed by atoms with Crippen molar-refractivity contribution in [1.29, 1.82) is 0 Å². The number of carbonyl (C=O) groups excluding carboxylic acids is 2. The van der Waals surface area contributed by atoms with Crippen LogP contribution in [-0.2, 0) is 9.59 Å². The molecule has 36 heavy (non-hydrogen) atoms. The lowest BCUT2D eigenvalue weighted by molar-refractivity contribution is -0.123. The van der Waals surface area contributed by atoms with Crippen LogP contribution in [-0.4, -0.2) is 34.8 Å². The van der Waals surface area contributed by atoms with Gasteiger partial charge in [0.2, 0.25) is 0 Å². The summed E-state index contributed by atoms with van der Waals surface area (Å²) in [6.45, 7) is 1.75. The predicted molar refractivity (Wildman–Crippen MR) is 148 cm³/mol. The first-order chi connectivity index (χ1) is 17.4. The molecular formula is C27H23ClN2O4S2. The van der Waals surface area contributed by atoms with Crippen molar-refractivity contribution in [3.8, 4) is 11.5 Å². The number of amides is 2. The molecule has 4 rings (SSSR count). The summed E-state index contributed by atoms with van der Waals surface area (Å²) in [7, 11) is 1.51. The van der Waals surface area contributed by atoms with Gasteiger partial charge in [-0.05, 0) is 54.5 Å². The fourth-order valence-corrected chi connectivity index (χ4v) is 5.25. The molecule has 0 bridgehead atoms. The Morgan fingerprint density at radius 2 is 1.89 bits per heavy atom. The fourth-order valence-electron chi connectivity index (χ4n) is 3.65. The number of benzene rings is 3. The van der Waals surface area contributed by atoms with E-state index in [0.717, 1.165) is 11.1 Å². The van der Waals surface area contributed by atoms with Crippen LogP contribution in [0.5, 0.6) is 11.5 Å². The molecule has 3 aromatic carbocycles. The first-order valence-corrected chi connectivity index (χ1v) is 12.6. The van der Waals surface area contributed by atoms with Gasteiger partial charge in [-0.1, -0.05) is 78.0 Å². The molecule has 0 aromatic heterocycles. The first-order valence-electron chi connectivity index (χ1n) is 11.0. The van der Waals surface area contributed by atoms with Crippen molar-refractivity contribution in [3.05, 3.63) is 93.9 Å². The summed E-state index contributed by atoms with van der Waals surface area (Å²) in [5.41, 5.74) is 2.34. The van der Waals surface area contributed by atoms with E-state index in [4.69, 9.17) is 33.3 Å². The highest BCUT2D eigenvalue weighted by molar-refractivity contribution is 8.26. The van der Waals surface area contributed by atoms with E-state index in [0.29, 0.717) is 31.4 Å². The number of thioether (sulfide) groups is 1. The van der Waals surface area contributed by atoms with Crippen molar-refractivity contribution in [3.63, 3.8) is 0 Å². The van der Waals surface area contributed by atoms with Gasteiger partial charge in [0.1, 0.15) is 4.32 Å². The van der Waals surface area contributed by atoms with Crippen LogP contribution in [0, 0.1) is 0 Å². The van der Waals surface area contributed by atoms with Crippen molar-refractivity contribution in [2.45, 2.75) is 13.0 Å². The van der Waals surface area contributed by atoms with E-state index in [-0.39, 0.29) is 24.5 Å². The number of hydrogen-bond donors (Lipinski definition) is 1. The average molecular weight is 539 g/mol. The molecular weight excluding hydrogens is 516 g/mol. The normalized spacial score (nSPS) is 15.2. The molecule has 1 atom stereocenters. The van der Waals surface area contributed by atoms with Gasteiger partial charge in [-0.15, -0.1) is 0 Å². The molecule has 184 valence electrons. The Hall–Kier alpha value is -3.33. The molecule has 1 fully saturated rings. The summed E-state index contributed by atoms with van der Waals surface area (Å²) in [5.74, 6) is 0.367. The van der Waals surface area contributed by atoms with Crippen LogP contribution in [0.15, 0.2) is 77.7 Å². The minimum atomic E-state index is -0.334. The Kier molecular flexibility index (Phi) is 8.30. The maximum Gasteiger partial charge on any atom is 0.266 e. The van der Waals surface area contributed by atoms with Crippen molar-refractivity contribution >= 4 is 63.5 Å². The second kappa shape index (κ2) is 11.6. The van der Waals surface area contributed by atoms with Gasteiger partial charge in [-0.2, -0.15) is 0 Å². The third-order valence-corrected chi connectivity index (χ3v) is 7.01. The Labute approximate surface area is 224 Å². The smallest absolute Gasteiger partial charge is 0.266 e. The Bertz CT molecular complexity index is 1330. The summed E-state index contributed by atoms with van der Waals surface area (Å²) < 4.78 is 11.6. The Morgan fingerprint density at radius 3 is 2.61 bits per heavy atom. The monoisotopic (exact) mass is 538 g/mol. The number of hydrogen-bond acceptors (Lipinski definition) is 6. The van der Waals surface area contributed by atoms with Crippen LogP contribution in [0.1, 0.15) is 24.1 Å². The molecule has 9 heteroatoms. The standard InChI is InChI=1S/C27H23ClN2O4S2/c1-17(19-7-4-3-5-8-19)30-26(32)24(36-27(30)35)14-18-11-12-22(23(13-18)33-2)34-16-25(31)29-21-10-6-9-20(28)15-21/h3-15,17H,16H2,1-2H3,(H,29,31)/b24-14-/t17-/m0/s1. The third kappa shape index (κ3) is 6.07. The van der Waals surface area contributed by atoms with Gasteiger partial charge in [0.05, 0.1) is 18.1 Å². The minimum Gasteiger partial charge on any atom is -0.493 e. The lowest BCUT2D eigenvalue weighted by atomic mass is 10.1. The molecule has 0 spiro atoms. The highest BCUT2D eigenvalue weighted by atomic mass is 35.5. The Balaban J connectivity index is 1.44. The second-order valence-corrected chi connectivity index (χ2v) is 10.0. The van der Waals surface area contributed by atoms with Gasteiger partial charge in [-0.3, -0.25) is 14.5 Å². The molecule has 1 heterocycles. The zero-order valence-corrected chi connectivity index (χ0v) is 22.0. The van der Waals surface area contributed by atoms with E-state index in [1.807, 2.05) is 37.3 Å². The predicted octanol–water partition coefficient (Wildman–Crippen LogP) is 6.33. The number of nitrogens with one attached hydrogen (secondary N) is 1. The van der Waals surface area contributed by atoms with Crippen LogP contribution < -0.4 is 14.8 Å². The molecule has 0 aliphatic carbocycles. The number of anilines is 1. The lowest BCUT2D eigenvalue weighted by Crippen LogP contribution is -2.30. The number of rotatable bonds is 8. The second-order valence-electron chi connectivity index (χ2n) is 7.90. The van der Waals surface area contributed by atoms with Crippen molar-refractivity contribution in [2.24, 2.45) is 0 Å². The lowest BCUT2D eigenvalue weighted by Gasteiger charge is -2.23. The summed E-state index contributed by atoms with van der Waals surface area (Å²) in [6.07, 6.45) is 1.77. The summed E-state index contributed by atoms with van der Waals surface area (Å²) in [4.78, 5) is 27.6. The fraction of sp³-hybridized carbons (Fsp3) is 0.148. The van der Waals surface area contributed by atoms with E-state index in [2.05, 4.69) is 5.32 Å². The van der Waals surface area contributed by atoms with Gasteiger partial charge in [0.15, 0.2) is 18.1 Å². The van der Waals surface area contributed by atoms with Crippen LogP contribution in [0.25, 0.3) is 6.08 Å². The highest BCUT2D eigenvalue weighted by Gasteiger charge is 2.35. The molecule has 1 saturated heterocycles. The summed E-state index contributed by atoms with van der Waals surface area (Å²) in [6, 6.07) is 21.7. The number of nitrogens with zero attached hydrogens (tertiary/aromatic N) is 1. The van der Waals surface area contributed by atoms with E-state index in [1.165, 1.54) is 18.9 Å². The largest absolute Gasteiger partial charge is 0.493 e. The molecule has 0 unspecified atom stereocenters. The van der Waals surface area contributed by atoms with Gasteiger partial charge >= 0.3 is 0 Å². The van der Waals surface area contributed by atoms with Crippen LogP contribution in [0.2, 0.25) is 5.02 Å². The van der Waals surface area contributed by atoms with Crippen LogP contribution in [0.4, 0.5) is 5.69 Å². The Morgan fingerprint density at radius 1 is 1.11 bits per heavy atom.